The van der Waals surface area contributed by atoms with Crippen molar-refractivity contribution in [2.24, 2.45) is 5.73 Å². The van der Waals surface area contributed by atoms with Gasteiger partial charge in [-0.3, -0.25) is 4.79 Å². The molecule has 1 rings (SSSR count). The Morgan fingerprint density at radius 1 is 1.62 bits per heavy atom. The van der Waals surface area contributed by atoms with Crippen LogP contribution in [-0.4, -0.2) is 16.1 Å². The van der Waals surface area contributed by atoms with Gasteiger partial charge in [-0.2, -0.15) is 0 Å². The lowest BCUT2D eigenvalue weighted by molar-refractivity contribution is -0.136. The zero-order valence-electron chi connectivity index (χ0n) is 8.08. The predicted molar refractivity (Wildman–Crippen MR) is 56.1 cm³/mol. The summed E-state index contributed by atoms with van der Waals surface area (Å²) in [4.78, 5) is 14.2. The molecule has 4 nitrogen and oxygen atoms in total. The lowest BCUT2D eigenvalue weighted by Crippen LogP contribution is -2.11. The minimum absolute atomic E-state index is 0.0738. The van der Waals surface area contributed by atoms with E-state index in [9.17, 15) is 13.6 Å². The van der Waals surface area contributed by atoms with E-state index in [1.165, 1.54) is 6.07 Å². The molecule has 3 N–H and O–H groups in total. The summed E-state index contributed by atoms with van der Waals surface area (Å²) in [5.74, 6) is -1.06. The second-order valence-electron chi connectivity index (χ2n) is 3.04. The van der Waals surface area contributed by atoms with E-state index in [0.717, 1.165) is 0 Å². The van der Waals surface area contributed by atoms with Gasteiger partial charge in [-0.1, -0.05) is 0 Å². The Balaban J connectivity index is 3.20. The smallest absolute Gasteiger partial charge is 0.307 e. The number of carboxylic acid groups (broad SMARTS) is 1. The number of hydrogen-bond acceptors (Lipinski definition) is 3. The summed E-state index contributed by atoms with van der Waals surface area (Å²) in [6.07, 6.45) is -3.01. The van der Waals surface area contributed by atoms with Crippen molar-refractivity contribution in [2.45, 2.75) is 19.4 Å². The molecule has 0 aliphatic heterocycles. The van der Waals surface area contributed by atoms with Crippen LogP contribution in [0.1, 0.15) is 23.4 Å². The van der Waals surface area contributed by atoms with E-state index in [2.05, 4.69) is 20.9 Å². The first-order chi connectivity index (χ1) is 7.45. The number of carboxylic acids is 1. The van der Waals surface area contributed by atoms with Crippen LogP contribution >= 0.6 is 15.9 Å². The molecule has 7 heteroatoms. The van der Waals surface area contributed by atoms with Gasteiger partial charge in [0, 0.05) is 11.0 Å². The zero-order chi connectivity index (χ0) is 12.3. The Labute approximate surface area is 98.6 Å². The topological polar surface area (TPSA) is 76.2 Å². The summed E-state index contributed by atoms with van der Waals surface area (Å²) in [5.41, 5.74) is 5.43. The minimum atomic E-state index is -2.72. The fourth-order valence-electron chi connectivity index (χ4n) is 1.23. The van der Waals surface area contributed by atoms with Gasteiger partial charge in [0.05, 0.1) is 12.1 Å². The lowest BCUT2D eigenvalue weighted by Gasteiger charge is -2.09. The largest absolute Gasteiger partial charge is 0.481 e. The van der Waals surface area contributed by atoms with Gasteiger partial charge < -0.3 is 10.8 Å². The number of nitrogens with two attached hydrogens (primary N) is 1. The van der Waals surface area contributed by atoms with E-state index < -0.39 is 18.1 Å². The van der Waals surface area contributed by atoms with Gasteiger partial charge in [-0.05, 0) is 27.6 Å². The summed E-state index contributed by atoms with van der Waals surface area (Å²) in [6.45, 7) is -0.0738. The number of aliphatic carboxylic acids is 1. The molecular weight excluding hydrogens is 286 g/mol. The average molecular weight is 295 g/mol. The summed E-state index contributed by atoms with van der Waals surface area (Å²) < 4.78 is 25.1. The normalized spacial score (nSPS) is 10.8. The SMILES string of the molecule is NCc1nc(C(F)F)c(Br)cc1CC(=O)O. The van der Waals surface area contributed by atoms with Crippen molar-refractivity contribution in [1.29, 1.82) is 0 Å². The van der Waals surface area contributed by atoms with Gasteiger partial charge >= 0.3 is 5.97 Å². The molecule has 1 aromatic heterocycles. The Morgan fingerprint density at radius 3 is 2.69 bits per heavy atom. The summed E-state index contributed by atoms with van der Waals surface area (Å²) in [5, 5.41) is 8.62. The van der Waals surface area contributed by atoms with Crippen LogP contribution in [0.2, 0.25) is 0 Å². The maximum absolute atomic E-state index is 12.5. The van der Waals surface area contributed by atoms with Crippen LogP contribution in [0.5, 0.6) is 0 Å². The first-order valence-electron chi connectivity index (χ1n) is 4.34. The maximum Gasteiger partial charge on any atom is 0.307 e. The highest BCUT2D eigenvalue weighted by Crippen LogP contribution is 2.27. The second-order valence-corrected chi connectivity index (χ2v) is 3.89. The van der Waals surface area contributed by atoms with Crippen molar-refractivity contribution in [3.63, 3.8) is 0 Å². The number of hydrogen-bond donors (Lipinski definition) is 2. The number of rotatable bonds is 4. The fourth-order valence-corrected chi connectivity index (χ4v) is 1.76. The quantitative estimate of drug-likeness (QED) is 0.889. The molecule has 0 saturated heterocycles. The van der Waals surface area contributed by atoms with Gasteiger partial charge in [0.2, 0.25) is 0 Å². The third kappa shape index (κ3) is 2.96. The highest BCUT2D eigenvalue weighted by atomic mass is 79.9. The van der Waals surface area contributed by atoms with Crippen molar-refractivity contribution in [1.82, 2.24) is 4.98 Å². The molecule has 0 spiro atoms. The van der Waals surface area contributed by atoms with E-state index in [0.29, 0.717) is 5.56 Å². The van der Waals surface area contributed by atoms with Crippen LogP contribution in [0.25, 0.3) is 0 Å². The molecule has 0 unspecified atom stereocenters. The lowest BCUT2D eigenvalue weighted by atomic mass is 10.1. The molecular formula is C9H9BrF2N2O2. The highest BCUT2D eigenvalue weighted by molar-refractivity contribution is 9.10. The Morgan fingerprint density at radius 2 is 2.25 bits per heavy atom. The van der Waals surface area contributed by atoms with Gasteiger partial charge in [-0.15, -0.1) is 0 Å². The molecule has 16 heavy (non-hydrogen) atoms. The minimum Gasteiger partial charge on any atom is -0.481 e. The maximum atomic E-state index is 12.5. The highest BCUT2D eigenvalue weighted by Gasteiger charge is 2.17. The molecule has 0 amide bonds. The van der Waals surface area contributed by atoms with Gasteiger partial charge in [-0.25, -0.2) is 13.8 Å². The molecule has 0 radical (unpaired) electrons. The molecule has 1 heterocycles. The molecule has 0 atom stereocenters. The Bertz CT molecular complexity index is 413. The van der Waals surface area contributed by atoms with Crippen LogP contribution in [0.15, 0.2) is 10.5 Å². The van der Waals surface area contributed by atoms with Crippen LogP contribution in [0, 0.1) is 0 Å². The molecule has 0 aliphatic carbocycles. The van der Waals surface area contributed by atoms with Crippen LogP contribution in [-0.2, 0) is 17.8 Å². The number of halogens is 3. The molecule has 0 aromatic carbocycles. The number of alkyl halides is 2. The van der Waals surface area contributed by atoms with Crippen LogP contribution in [0.3, 0.4) is 0 Å². The number of nitrogens with zero attached hydrogens (tertiary/aromatic N) is 1. The number of pyridine rings is 1. The Kier molecular flexibility index (Phi) is 4.31. The summed E-state index contributed by atoms with van der Waals surface area (Å²) in [7, 11) is 0. The van der Waals surface area contributed by atoms with E-state index in [4.69, 9.17) is 10.8 Å². The number of aromatic nitrogens is 1. The number of carbonyl (C=O) groups is 1. The average Bonchev–Trinajstić information content (AvgIpc) is 2.16. The van der Waals surface area contributed by atoms with E-state index in [1.807, 2.05) is 0 Å². The molecule has 0 aliphatic rings. The molecule has 0 fully saturated rings. The second kappa shape index (κ2) is 5.31. The fraction of sp³-hybridized carbons (Fsp3) is 0.333. The van der Waals surface area contributed by atoms with Gasteiger partial charge in [0.25, 0.3) is 6.43 Å². The first-order valence-corrected chi connectivity index (χ1v) is 5.13. The third-order valence-corrected chi connectivity index (χ3v) is 2.55. The third-order valence-electron chi connectivity index (χ3n) is 1.91. The first kappa shape index (κ1) is 13.0. The van der Waals surface area contributed by atoms with E-state index >= 15 is 0 Å². The standard InChI is InChI=1S/C9H9BrF2N2O2/c10-5-1-4(2-7(15)16)6(3-13)14-8(5)9(11)12/h1,9H,2-3,13H2,(H,15,16). The molecule has 1 aromatic rings. The van der Waals surface area contributed by atoms with E-state index in [-0.39, 0.29) is 23.1 Å². The van der Waals surface area contributed by atoms with Crippen LogP contribution < -0.4 is 5.73 Å². The van der Waals surface area contributed by atoms with E-state index in [1.54, 1.807) is 0 Å². The Hall–Kier alpha value is -1.08. The molecule has 88 valence electrons. The van der Waals surface area contributed by atoms with Crippen LogP contribution in [0.4, 0.5) is 8.78 Å². The summed E-state index contributed by atoms with van der Waals surface area (Å²) >= 11 is 2.92. The monoisotopic (exact) mass is 294 g/mol. The van der Waals surface area contributed by atoms with Gasteiger partial charge in [0.1, 0.15) is 5.69 Å². The van der Waals surface area contributed by atoms with Gasteiger partial charge in [0.15, 0.2) is 0 Å². The van der Waals surface area contributed by atoms with Crippen molar-refractivity contribution in [3.8, 4) is 0 Å². The van der Waals surface area contributed by atoms with Crippen molar-refractivity contribution in [2.75, 3.05) is 0 Å². The van der Waals surface area contributed by atoms with Crippen molar-refractivity contribution >= 4 is 21.9 Å². The molecule has 0 saturated carbocycles. The van der Waals surface area contributed by atoms with Crippen molar-refractivity contribution in [3.05, 3.63) is 27.5 Å². The van der Waals surface area contributed by atoms with Crippen molar-refractivity contribution < 1.29 is 18.7 Å². The summed E-state index contributed by atoms with van der Waals surface area (Å²) in [6, 6.07) is 1.32. The predicted octanol–water partition coefficient (Wildman–Crippen LogP) is 1.87. The molecule has 0 bridgehead atoms. The zero-order valence-corrected chi connectivity index (χ0v) is 9.67.